The van der Waals surface area contributed by atoms with E-state index in [1.165, 1.54) is 14.7 Å². The van der Waals surface area contributed by atoms with Gasteiger partial charge in [-0.25, -0.2) is 22.7 Å². The summed E-state index contributed by atoms with van der Waals surface area (Å²) >= 11 is 1.76. The van der Waals surface area contributed by atoms with Crippen LogP contribution in [0, 0.1) is 6.92 Å². The lowest BCUT2D eigenvalue weighted by atomic mass is 10.1. The summed E-state index contributed by atoms with van der Waals surface area (Å²) in [7, 11) is 0.0263. The quantitative estimate of drug-likeness (QED) is 0.387. The number of piperidine rings is 1. The predicted molar refractivity (Wildman–Crippen MR) is 151 cm³/mol. The number of nitrogens with zero attached hydrogens (tertiary/aromatic N) is 6. The van der Waals surface area contributed by atoms with E-state index < -0.39 is 10.0 Å². The molecular formula is C26H33N7O3S2. The molecule has 38 heavy (non-hydrogen) atoms. The fraction of sp³-hybridized carbons (Fsp3) is 0.500. The van der Waals surface area contributed by atoms with Crippen molar-refractivity contribution in [1.82, 2.24) is 29.4 Å². The van der Waals surface area contributed by atoms with Gasteiger partial charge in [0.2, 0.25) is 10.0 Å². The molecule has 1 N–H and O–H groups in total. The minimum atomic E-state index is -3.22. The lowest BCUT2D eigenvalue weighted by Crippen LogP contribution is -2.42. The first-order valence-corrected chi connectivity index (χ1v) is 15.3. The van der Waals surface area contributed by atoms with Crippen LogP contribution in [0.1, 0.15) is 23.3 Å². The lowest BCUT2D eigenvalue weighted by molar-refractivity contribution is 0.122. The average Bonchev–Trinajstić information content (AvgIpc) is 3.53. The van der Waals surface area contributed by atoms with Gasteiger partial charge in [0.05, 0.1) is 40.4 Å². The van der Waals surface area contributed by atoms with Crippen molar-refractivity contribution in [3.05, 3.63) is 34.8 Å². The summed E-state index contributed by atoms with van der Waals surface area (Å²) in [6, 6.07) is 6.06. The van der Waals surface area contributed by atoms with Gasteiger partial charge >= 0.3 is 0 Å². The highest BCUT2D eigenvalue weighted by atomic mass is 32.2. The number of benzene rings is 1. The number of hydrogen-bond donors (Lipinski definition) is 1. The van der Waals surface area contributed by atoms with Crippen LogP contribution in [0.15, 0.2) is 24.4 Å². The molecule has 5 heterocycles. The lowest BCUT2D eigenvalue weighted by Gasteiger charge is -2.32. The smallest absolute Gasteiger partial charge is 0.216 e. The minimum Gasteiger partial charge on any atom is -0.378 e. The van der Waals surface area contributed by atoms with Gasteiger partial charge in [0.15, 0.2) is 11.6 Å². The fourth-order valence-electron chi connectivity index (χ4n) is 5.41. The van der Waals surface area contributed by atoms with E-state index in [-0.39, 0.29) is 5.25 Å². The number of aromatic amines is 1. The normalized spacial score (nSPS) is 18.3. The highest BCUT2D eigenvalue weighted by Crippen LogP contribution is 2.39. The standard InChI is InChI=1S/C26H33N7O3S2/c1-17-22(16-32-9-7-18(8-10-32)38(34,35)31(2)3)37-24-23(17)28-25(29-26(24)33-11-13-36-14-12-33)19-5-4-6-21-20(19)15-27-30-21/h4-6,15,18H,7-14,16H2,1-3H3,(H,27,30). The predicted octanol–water partition coefficient (Wildman–Crippen LogP) is 3.24. The van der Waals surface area contributed by atoms with E-state index in [0.717, 1.165) is 65.2 Å². The highest BCUT2D eigenvalue weighted by Gasteiger charge is 2.32. The monoisotopic (exact) mass is 555 g/mol. The number of hydrogen-bond acceptors (Lipinski definition) is 9. The topological polar surface area (TPSA) is 108 Å². The molecule has 0 atom stereocenters. The summed E-state index contributed by atoms with van der Waals surface area (Å²) in [4.78, 5) is 16.2. The van der Waals surface area contributed by atoms with E-state index >= 15 is 0 Å². The summed E-state index contributed by atoms with van der Waals surface area (Å²) in [5.74, 6) is 1.66. The molecule has 0 saturated carbocycles. The zero-order valence-corrected chi connectivity index (χ0v) is 23.6. The van der Waals surface area contributed by atoms with Crippen molar-refractivity contribution < 1.29 is 13.2 Å². The third-order valence-electron chi connectivity index (χ3n) is 7.71. The van der Waals surface area contributed by atoms with Gasteiger partial charge in [-0.05, 0) is 44.5 Å². The fourth-order valence-corrected chi connectivity index (χ4v) is 8.12. The number of anilines is 1. The molecule has 12 heteroatoms. The molecule has 0 bridgehead atoms. The van der Waals surface area contributed by atoms with E-state index in [0.29, 0.717) is 31.9 Å². The van der Waals surface area contributed by atoms with Crippen LogP contribution in [0.3, 0.4) is 0 Å². The van der Waals surface area contributed by atoms with Gasteiger partial charge < -0.3 is 9.64 Å². The van der Waals surface area contributed by atoms with Crippen LogP contribution in [0.2, 0.25) is 0 Å². The third-order valence-corrected chi connectivity index (χ3v) is 11.3. The van der Waals surface area contributed by atoms with Crippen molar-refractivity contribution in [3.8, 4) is 11.4 Å². The van der Waals surface area contributed by atoms with Crippen molar-refractivity contribution in [3.63, 3.8) is 0 Å². The SMILES string of the molecule is Cc1c(CN2CCC(S(=O)(=O)N(C)C)CC2)sc2c(N3CCOCC3)nc(-c3cccc4[nH]ncc34)nc12. The summed E-state index contributed by atoms with van der Waals surface area (Å²) in [5, 5.41) is 7.98. The molecule has 2 saturated heterocycles. The van der Waals surface area contributed by atoms with Crippen molar-refractivity contribution in [2.45, 2.75) is 31.6 Å². The van der Waals surface area contributed by atoms with Gasteiger partial charge in [-0.1, -0.05) is 12.1 Å². The van der Waals surface area contributed by atoms with Gasteiger partial charge in [-0.3, -0.25) is 10.00 Å². The maximum absolute atomic E-state index is 12.6. The second kappa shape index (κ2) is 10.2. The van der Waals surface area contributed by atoms with Crippen LogP contribution in [0.5, 0.6) is 0 Å². The summed E-state index contributed by atoms with van der Waals surface area (Å²) in [5.41, 5.74) is 4.08. The van der Waals surface area contributed by atoms with Crippen LogP contribution in [-0.4, -0.2) is 96.5 Å². The molecule has 4 aromatic rings. The minimum absolute atomic E-state index is 0.302. The second-order valence-corrected chi connectivity index (χ2v) is 13.8. The first kappa shape index (κ1) is 25.6. The molecule has 0 amide bonds. The Bertz CT molecular complexity index is 1570. The molecule has 1 aromatic carbocycles. The maximum atomic E-state index is 12.6. The number of ether oxygens (including phenoxy) is 1. The van der Waals surface area contributed by atoms with Gasteiger partial charge in [0, 0.05) is 49.6 Å². The maximum Gasteiger partial charge on any atom is 0.216 e. The Balaban J connectivity index is 1.35. The molecule has 6 rings (SSSR count). The molecule has 0 radical (unpaired) electrons. The number of rotatable bonds is 6. The van der Waals surface area contributed by atoms with E-state index in [1.807, 2.05) is 18.3 Å². The number of sulfonamides is 1. The Labute approximate surface area is 226 Å². The molecule has 202 valence electrons. The molecule has 0 unspecified atom stereocenters. The van der Waals surface area contributed by atoms with Crippen LogP contribution >= 0.6 is 11.3 Å². The first-order valence-electron chi connectivity index (χ1n) is 13.0. The number of aromatic nitrogens is 4. The van der Waals surface area contributed by atoms with Gasteiger partial charge in [0.25, 0.3) is 0 Å². The number of thiophene rings is 1. The van der Waals surface area contributed by atoms with Gasteiger partial charge in [-0.2, -0.15) is 5.10 Å². The highest BCUT2D eigenvalue weighted by molar-refractivity contribution is 7.89. The summed E-state index contributed by atoms with van der Waals surface area (Å²) in [6.07, 6.45) is 3.14. The Morgan fingerprint density at radius 3 is 2.63 bits per heavy atom. The van der Waals surface area contributed by atoms with Crippen molar-refractivity contribution >= 4 is 48.3 Å². The molecule has 2 aliphatic heterocycles. The third kappa shape index (κ3) is 4.58. The van der Waals surface area contributed by atoms with Crippen LogP contribution in [-0.2, 0) is 21.3 Å². The van der Waals surface area contributed by atoms with E-state index in [4.69, 9.17) is 14.7 Å². The number of H-pyrrole nitrogens is 1. The van der Waals surface area contributed by atoms with Gasteiger partial charge in [0.1, 0.15) is 0 Å². The zero-order chi connectivity index (χ0) is 26.4. The Kier molecular flexibility index (Phi) is 6.85. The molecule has 2 aliphatic rings. The van der Waals surface area contributed by atoms with Crippen molar-refractivity contribution in [2.24, 2.45) is 0 Å². The van der Waals surface area contributed by atoms with Crippen LogP contribution < -0.4 is 4.90 Å². The molecule has 10 nitrogen and oxygen atoms in total. The number of fused-ring (bicyclic) bond motifs is 2. The Morgan fingerprint density at radius 2 is 1.89 bits per heavy atom. The number of morpholine rings is 1. The van der Waals surface area contributed by atoms with E-state index in [2.05, 4.69) is 33.0 Å². The van der Waals surface area contributed by atoms with Crippen LogP contribution in [0.4, 0.5) is 5.82 Å². The van der Waals surface area contributed by atoms with E-state index in [1.54, 1.807) is 25.4 Å². The number of aryl methyl sites for hydroxylation is 1. The zero-order valence-electron chi connectivity index (χ0n) is 22.0. The summed E-state index contributed by atoms with van der Waals surface area (Å²) < 4.78 is 33.3. The largest absolute Gasteiger partial charge is 0.378 e. The van der Waals surface area contributed by atoms with E-state index in [9.17, 15) is 8.42 Å². The Morgan fingerprint density at radius 1 is 1.13 bits per heavy atom. The summed E-state index contributed by atoms with van der Waals surface area (Å²) in [6.45, 7) is 7.42. The first-order chi connectivity index (χ1) is 18.3. The number of likely N-dealkylation sites (tertiary alicyclic amines) is 1. The molecule has 0 spiro atoms. The van der Waals surface area contributed by atoms with Crippen molar-refractivity contribution in [1.29, 1.82) is 0 Å². The van der Waals surface area contributed by atoms with Gasteiger partial charge in [-0.15, -0.1) is 11.3 Å². The molecule has 0 aliphatic carbocycles. The van der Waals surface area contributed by atoms with Crippen molar-refractivity contribution in [2.75, 3.05) is 58.4 Å². The average molecular weight is 556 g/mol. The molecule has 2 fully saturated rings. The Hall–Kier alpha value is -2.64. The number of nitrogens with one attached hydrogen (secondary N) is 1. The second-order valence-electron chi connectivity index (χ2n) is 10.2. The molecule has 3 aromatic heterocycles. The van der Waals surface area contributed by atoms with Crippen LogP contribution in [0.25, 0.3) is 32.5 Å². The molecular weight excluding hydrogens is 522 g/mol.